The second kappa shape index (κ2) is 11.4. The maximum atomic E-state index is 13.1. The topological polar surface area (TPSA) is 92.3 Å². The molecule has 0 aliphatic carbocycles. The number of methoxy groups -OCH3 is 1. The zero-order chi connectivity index (χ0) is 25.7. The van der Waals surface area contributed by atoms with Gasteiger partial charge in [0.2, 0.25) is 6.54 Å². The Labute approximate surface area is 216 Å². The molecular formula is C25H22ClFN4O4S. The molecule has 4 rings (SSSR count). The Hall–Kier alpha value is -3.63. The first-order valence-corrected chi connectivity index (χ1v) is 12.1. The van der Waals surface area contributed by atoms with Crippen molar-refractivity contribution in [2.45, 2.75) is 23.9 Å². The largest absolute Gasteiger partial charge is 0.497 e. The molecule has 1 atom stereocenters. The van der Waals surface area contributed by atoms with Crippen molar-refractivity contribution in [2.24, 2.45) is 0 Å². The van der Waals surface area contributed by atoms with Gasteiger partial charge in [-0.05, 0) is 66.6 Å². The highest BCUT2D eigenvalue weighted by Gasteiger charge is 2.24. The predicted molar refractivity (Wildman–Crippen MR) is 135 cm³/mol. The van der Waals surface area contributed by atoms with Crippen molar-refractivity contribution in [1.82, 2.24) is 14.8 Å². The SMILES string of the molecule is COc1ccc(-n2c(C)nnc2S[C@@H](C[N+](=O)[O-])c2ccc(OCc3ccc(F)cc3)c(Cl)c2)cc1. The van der Waals surface area contributed by atoms with Crippen molar-refractivity contribution in [2.75, 3.05) is 13.7 Å². The van der Waals surface area contributed by atoms with Crippen LogP contribution in [0.2, 0.25) is 5.02 Å². The number of rotatable bonds is 10. The van der Waals surface area contributed by atoms with E-state index in [4.69, 9.17) is 21.1 Å². The first kappa shape index (κ1) is 25.5. The molecule has 11 heteroatoms. The van der Waals surface area contributed by atoms with E-state index in [2.05, 4.69) is 10.2 Å². The summed E-state index contributed by atoms with van der Waals surface area (Å²) < 4.78 is 25.9. The lowest BCUT2D eigenvalue weighted by atomic mass is 10.1. The van der Waals surface area contributed by atoms with Crippen molar-refractivity contribution in [3.05, 3.63) is 105 Å². The van der Waals surface area contributed by atoms with Gasteiger partial charge in [0.05, 0.1) is 12.1 Å². The minimum Gasteiger partial charge on any atom is -0.497 e. The molecule has 0 saturated carbocycles. The fourth-order valence-electron chi connectivity index (χ4n) is 3.50. The molecule has 0 saturated heterocycles. The number of aromatic nitrogens is 3. The molecule has 36 heavy (non-hydrogen) atoms. The molecule has 0 aliphatic rings. The first-order valence-electron chi connectivity index (χ1n) is 10.9. The lowest BCUT2D eigenvalue weighted by Crippen LogP contribution is -2.11. The molecule has 3 aromatic carbocycles. The Kier molecular flexibility index (Phi) is 8.07. The van der Waals surface area contributed by atoms with Gasteiger partial charge in [-0.25, -0.2) is 4.39 Å². The van der Waals surface area contributed by atoms with Crippen LogP contribution in [0, 0.1) is 22.9 Å². The summed E-state index contributed by atoms with van der Waals surface area (Å²) >= 11 is 7.69. The van der Waals surface area contributed by atoms with Gasteiger partial charge in [-0.2, -0.15) is 0 Å². The summed E-state index contributed by atoms with van der Waals surface area (Å²) in [6.45, 7) is 1.68. The van der Waals surface area contributed by atoms with E-state index < -0.39 is 5.25 Å². The van der Waals surface area contributed by atoms with Gasteiger partial charge in [0.25, 0.3) is 0 Å². The second-order valence-electron chi connectivity index (χ2n) is 7.79. The summed E-state index contributed by atoms with van der Waals surface area (Å²) in [5.74, 6) is 1.45. The quantitative estimate of drug-likeness (QED) is 0.140. The number of halogens is 2. The molecule has 1 aromatic heterocycles. The molecule has 0 N–H and O–H groups in total. The van der Waals surface area contributed by atoms with Gasteiger partial charge in [-0.15, -0.1) is 10.2 Å². The number of aryl methyl sites for hydroxylation is 1. The Morgan fingerprint density at radius 3 is 2.47 bits per heavy atom. The molecule has 1 heterocycles. The van der Waals surface area contributed by atoms with Gasteiger partial charge in [0, 0.05) is 10.6 Å². The van der Waals surface area contributed by atoms with Crippen LogP contribution in [0.1, 0.15) is 22.2 Å². The number of ether oxygens (including phenoxy) is 2. The van der Waals surface area contributed by atoms with Gasteiger partial charge in [0.1, 0.15) is 35.0 Å². The molecular weight excluding hydrogens is 507 g/mol. The van der Waals surface area contributed by atoms with Crippen molar-refractivity contribution >= 4 is 23.4 Å². The lowest BCUT2D eigenvalue weighted by molar-refractivity contribution is -0.479. The van der Waals surface area contributed by atoms with Crippen molar-refractivity contribution in [3.8, 4) is 17.2 Å². The van der Waals surface area contributed by atoms with Gasteiger partial charge in [-0.3, -0.25) is 14.7 Å². The first-order chi connectivity index (χ1) is 17.3. The number of thioether (sulfide) groups is 1. The Balaban J connectivity index is 1.56. The van der Waals surface area contributed by atoms with Crippen LogP contribution in [-0.4, -0.2) is 33.3 Å². The summed E-state index contributed by atoms with van der Waals surface area (Å²) in [6.07, 6.45) is 0. The molecule has 186 valence electrons. The normalized spacial score (nSPS) is 11.8. The molecule has 0 aliphatic heterocycles. The Morgan fingerprint density at radius 2 is 1.83 bits per heavy atom. The maximum absolute atomic E-state index is 13.1. The van der Waals surface area contributed by atoms with Gasteiger partial charge in [0.15, 0.2) is 5.16 Å². The number of hydrogen-bond donors (Lipinski definition) is 0. The standard InChI is InChI=1S/C25H22ClFN4O4S/c1-16-28-29-25(31(16)20-8-10-21(34-2)11-9-20)36-24(14-30(32)33)18-5-12-23(22(26)13-18)35-15-17-3-6-19(27)7-4-17/h3-13,24H,14-15H2,1-2H3/t24-/m0/s1. The smallest absolute Gasteiger partial charge is 0.220 e. The van der Waals surface area contributed by atoms with Crippen molar-refractivity contribution in [1.29, 1.82) is 0 Å². The van der Waals surface area contributed by atoms with Crippen LogP contribution in [0.5, 0.6) is 11.5 Å². The highest BCUT2D eigenvalue weighted by Crippen LogP contribution is 2.39. The van der Waals surface area contributed by atoms with Crippen molar-refractivity contribution in [3.63, 3.8) is 0 Å². The van der Waals surface area contributed by atoms with Crippen LogP contribution in [0.3, 0.4) is 0 Å². The van der Waals surface area contributed by atoms with E-state index in [0.29, 0.717) is 33.1 Å². The Bertz CT molecular complexity index is 1350. The van der Waals surface area contributed by atoms with Crippen LogP contribution >= 0.6 is 23.4 Å². The minimum absolute atomic E-state index is 0.205. The molecule has 0 bridgehead atoms. The van der Waals surface area contributed by atoms with E-state index in [1.165, 1.54) is 23.9 Å². The highest BCUT2D eigenvalue weighted by atomic mass is 35.5. The summed E-state index contributed by atoms with van der Waals surface area (Å²) in [4.78, 5) is 11.1. The summed E-state index contributed by atoms with van der Waals surface area (Å²) in [7, 11) is 1.59. The maximum Gasteiger partial charge on any atom is 0.220 e. The van der Waals surface area contributed by atoms with Crippen LogP contribution in [0.25, 0.3) is 5.69 Å². The predicted octanol–water partition coefficient (Wildman–Crippen LogP) is 6.07. The van der Waals surface area contributed by atoms with E-state index in [1.54, 1.807) is 37.4 Å². The van der Waals surface area contributed by atoms with Crippen molar-refractivity contribution < 1.29 is 18.8 Å². The fraction of sp³-hybridized carbons (Fsp3) is 0.200. The van der Waals surface area contributed by atoms with Gasteiger partial charge >= 0.3 is 0 Å². The van der Waals surface area contributed by atoms with Crippen LogP contribution < -0.4 is 9.47 Å². The van der Waals surface area contributed by atoms with E-state index >= 15 is 0 Å². The minimum atomic E-state index is -0.579. The average Bonchev–Trinajstić information content (AvgIpc) is 3.23. The monoisotopic (exact) mass is 528 g/mol. The average molecular weight is 529 g/mol. The molecule has 4 aromatic rings. The zero-order valence-corrected chi connectivity index (χ0v) is 21.0. The van der Waals surface area contributed by atoms with E-state index in [1.807, 2.05) is 35.8 Å². The lowest BCUT2D eigenvalue weighted by Gasteiger charge is -2.16. The summed E-state index contributed by atoms with van der Waals surface area (Å²) in [5, 5.41) is 20.2. The molecule has 0 fully saturated rings. The third kappa shape index (κ3) is 6.13. The fourth-order valence-corrected chi connectivity index (χ4v) is 4.91. The molecule has 8 nitrogen and oxygen atoms in total. The number of hydrogen-bond acceptors (Lipinski definition) is 7. The summed E-state index contributed by atoms with van der Waals surface area (Å²) in [5.41, 5.74) is 2.24. The zero-order valence-electron chi connectivity index (χ0n) is 19.4. The van der Waals surface area contributed by atoms with E-state index in [9.17, 15) is 14.5 Å². The number of nitrogens with zero attached hydrogens (tertiary/aromatic N) is 4. The molecule has 0 unspecified atom stereocenters. The molecule has 0 radical (unpaired) electrons. The second-order valence-corrected chi connectivity index (χ2v) is 9.37. The number of benzene rings is 3. The number of nitro groups is 1. The summed E-state index contributed by atoms with van der Waals surface area (Å²) in [6, 6.07) is 18.4. The Morgan fingerprint density at radius 1 is 1.11 bits per heavy atom. The van der Waals surface area contributed by atoms with Crippen LogP contribution in [0.15, 0.2) is 71.9 Å². The third-order valence-corrected chi connectivity index (χ3v) is 6.80. The van der Waals surface area contributed by atoms with Gasteiger partial charge in [-0.1, -0.05) is 41.6 Å². The molecule has 0 amide bonds. The van der Waals surface area contributed by atoms with Crippen LogP contribution in [-0.2, 0) is 6.61 Å². The molecule has 0 spiro atoms. The van der Waals surface area contributed by atoms with E-state index in [-0.39, 0.29) is 23.9 Å². The third-order valence-electron chi connectivity index (χ3n) is 5.32. The highest BCUT2D eigenvalue weighted by molar-refractivity contribution is 7.99. The van der Waals surface area contributed by atoms with Gasteiger partial charge < -0.3 is 9.47 Å². The van der Waals surface area contributed by atoms with E-state index in [0.717, 1.165) is 11.3 Å². The van der Waals surface area contributed by atoms with Crippen LogP contribution in [0.4, 0.5) is 4.39 Å².